The Morgan fingerprint density at radius 2 is 1.83 bits per heavy atom. The van der Waals surface area contributed by atoms with E-state index in [-0.39, 0.29) is 12.0 Å². The zero-order chi connectivity index (χ0) is 12.7. The molecule has 1 saturated carbocycles. The van der Waals surface area contributed by atoms with E-state index >= 15 is 0 Å². The van der Waals surface area contributed by atoms with Gasteiger partial charge in [-0.3, -0.25) is 4.84 Å². The van der Waals surface area contributed by atoms with E-state index in [1.165, 1.54) is 19.3 Å². The van der Waals surface area contributed by atoms with Crippen molar-refractivity contribution >= 4 is 0 Å². The number of hydroxylamine groups is 1. The summed E-state index contributed by atoms with van der Waals surface area (Å²) >= 11 is 0. The van der Waals surface area contributed by atoms with Gasteiger partial charge in [-0.05, 0) is 18.4 Å². The maximum absolute atomic E-state index is 9.56. The molecule has 3 heteroatoms. The van der Waals surface area contributed by atoms with Gasteiger partial charge in [0.05, 0.1) is 6.61 Å². The van der Waals surface area contributed by atoms with Crippen LogP contribution in [0, 0.1) is 5.41 Å². The summed E-state index contributed by atoms with van der Waals surface area (Å²) in [5, 5.41) is 9.56. The third-order valence-corrected chi connectivity index (χ3v) is 3.88. The van der Waals surface area contributed by atoms with Gasteiger partial charge in [-0.2, -0.15) is 0 Å². The van der Waals surface area contributed by atoms with E-state index in [1.807, 2.05) is 30.3 Å². The Balaban J connectivity index is 1.71. The van der Waals surface area contributed by atoms with Crippen molar-refractivity contribution in [1.29, 1.82) is 0 Å². The molecular formula is C15H23NO2. The molecule has 0 heterocycles. The Kier molecular flexibility index (Phi) is 5.17. The second-order valence-electron chi connectivity index (χ2n) is 5.31. The molecule has 1 aromatic rings. The lowest BCUT2D eigenvalue weighted by Gasteiger charge is -2.35. The summed E-state index contributed by atoms with van der Waals surface area (Å²) in [4.78, 5) is 5.49. The predicted octanol–water partition coefficient (Wildman–Crippen LogP) is 2.65. The first-order chi connectivity index (χ1) is 8.85. The minimum absolute atomic E-state index is 0.0366. The summed E-state index contributed by atoms with van der Waals surface area (Å²) in [6.45, 7) is 1.58. The zero-order valence-electron chi connectivity index (χ0n) is 10.9. The Hall–Kier alpha value is -0.900. The highest BCUT2D eigenvalue weighted by molar-refractivity contribution is 5.13. The average Bonchev–Trinajstić information content (AvgIpc) is 2.46. The standard InChI is InChI=1S/C15H23NO2/c17-13-15(9-5-2-6-10-15)12-16-18-11-14-7-3-1-4-8-14/h1,3-4,7-8,16-17H,2,5-6,9-13H2. The van der Waals surface area contributed by atoms with Crippen LogP contribution in [0.15, 0.2) is 30.3 Å². The molecule has 1 aromatic carbocycles. The molecule has 2 N–H and O–H groups in total. The molecule has 100 valence electrons. The van der Waals surface area contributed by atoms with Crippen molar-refractivity contribution in [2.45, 2.75) is 38.7 Å². The van der Waals surface area contributed by atoms with Crippen molar-refractivity contribution < 1.29 is 9.94 Å². The molecule has 0 saturated heterocycles. The monoisotopic (exact) mass is 249 g/mol. The number of nitrogens with one attached hydrogen (secondary N) is 1. The van der Waals surface area contributed by atoms with Crippen molar-refractivity contribution in [2.24, 2.45) is 5.41 Å². The number of rotatable bonds is 6. The third kappa shape index (κ3) is 3.80. The molecule has 0 bridgehead atoms. The topological polar surface area (TPSA) is 41.5 Å². The largest absolute Gasteiger partial charge is 0.396 e. The van der Waals surface area contributed by atoms with Crippen LogP contribution in [-0.4, -0.2) is 18.3 Å². The van der Waals surface area contributed by atoms with Crippen LogP contribution in [0.25, 0.3) is 0 Å². The highest BCUT2D eigenvalue weighted by Crippen LogP contribution is 2.35. The van der Waals surface area contributed by atoms with E-state index in [0.29, 0.717) is 6.61 Å². The van der Waals surface area contributed by atoms with E-state index in [1.54, 1.807) is 0 Å². The van der Waals surface area contributed by atoms with E-state index < -0.39 is 0 Å². The fourth-order valence-corrected chi connectivity index (χ4v) is 2.61. The van der Waals surface area contributed by atoms with Crippen molar-refractivity contribution in [1.82, 2.24) is 5.48 Å². The summed E-state index contributed by atoms with van der Waals surface area (Å²) in [7, 11) is 0. The van der Waals surface area contributed by atoms with Gasteiger partial charge in [0.2, 0.25) is 0 Å². The number of benzene rings is 1. The minimum atomic E-state index is 0.0366. The van der Waals surface area contributed by atoms with Crippen LogP contribution in [0.3, 0.4) is 0 Å². The molecule has 0 amide bonds. The maximum Gasteiger partial charge on any atom is 0.0933 e. The Morgan fingerprint density at radius 1 is 1.11 bits per heavy atom. The highest BCUT2D eigenvalue weighted by atomic mass is 16.6. The van der Waals surface area contributed by atoms with E-state index in [2.05, 4.69) is 5.48 Å². The van der Waals surface area contributed by atoms with Gasteiger partial charge in [0.15, 0.2) is 0 Å². The number of aliphatic hydroxyl groups excluding tert-OH is 1. The smallest absolute Gasteiger partial charge is 0.0933 e. The second-order valence-corrected chi connectivity index (χ2v) is 5.31. The Bertz CT molecular complexity index is 334. The van der Waals surface area contributed by atoms with Crippen LogP contribution in [0.4, 0.5) is 0 Å². The SMILES string of the molecule is OCC1(CNOCc2ccccc2)CCCCC1. The molecule has 0 atom stereocenters. The second kappa shape index (κ2) is 6.88. The first-order valence-corrected chi connectivity index (χ1v) is 6.84. The van der Waals surface area contributed by atoms with Gasteiger partial charge in [0.1, 0.15) is 0 Å². The number of hydrogen-bond donors (Lipinski definition) is 2. The molecule has 1 aliphatic carbocycles. The summed E-state index contributed by atoms with van der Waals surface area (Å²) < 4.78 is 0. The van der Waals surface area contributed by atoms with Crippen LogP contribution in [-0.2, 0) is 11.4 Å². The van der Waals surface area contributed by atoms with Crippen LogP contribution in [0.1, 0.15) is 37.7 Å². The maximum atomic E-state index is 9.56. The molecule has 0 aliphatic heterocycles. The highest BCUT2D eigenvalue weighted by Gasteiger charge is 2.31. The molecule has 0 unspecified atom stereocenters. The zero-order valence-corrected chi connectivity index (χ0v) is 10.9. The molecule has 1 aliphatic rings. The van der Waals surface area contributed by atoms with Crippen molar-refractivity contribution in [2.75, 3.05) is 13.2 Å². The van der Waals surface area contributed by atoms with Crippen molar-refractivity contribution in [3.63, 3.8) is 0 Å². The Labute approximate surface area is 109 Å². The summed E-state index contributed by atoms with van der Waals surface area (Å²) in [6.07, 6.45) is 5.95. The number of hydrogen-bond acceptors (Lipinski definition) is 3. The molecule has 1 fully saturated rings. The van der Waals surface area contributed by atoms with Crippen molar-refractivity contribution in [3.05, 3.63) is 35.9 Å². The lowest BCUT2D eigenvalue weighted by Crippen LogP contribution is -2.39. The summed E-state index contributed by atoms with van der Waals surface area (Å²) in [5.74, 6) is 0. The first-order valence-electron chi connectivity index (χ1n) is 6.84. The first kappa shape index (κ1) is 13.5. The van der Waals surface area contributed by atoms with Gasteiger partial charge in [0, 0.05) is 18.6 Å². The lowest BCUT2D eigenvalue weighted by atomic mass is 9.75. The van der Waals surface area contributed by atoms with E-state index in [0.717, 1.165) is 24.9 Å². The fraction of sp³-hybridized carbons (Fsp3) is 0.600. The molecule has 18 heavy (non-hydrogen) atoms. The lowest BCUT2D eigenvalue weighted by molar-refractivity contribution is -0.0210. The van der Waals surface area contributed by atoms with Crippen molar-refractivity contribution in [3.8, 4) is 0 Å². The fourth-order valence-electron chi connectivity index (χ4n) is 2.61. The summed E-state index contributed by atoms with van der Waals surface area (Å²) in [5.41, 5.74) is 4.23. The summed E-state index contributed by atoms with van der Waals surface area (Å²) in [6, 6.07) is 10.1. The third-order valence-electron chi connectivity index (χ3n) is 3.88. The molecule has 0 radical (unpaired) electrons. The predicted molar refractivity (Wildman–Crippen MR) is 71.8 cm³/mol. The van der Waals surface area contributed by atoms with E-state index in [4.69, 9.17) is 4.84 Å². The van der Waals surface area contributed by atoms with Gasteiger partial charge in [-0.15, -0.1) is 0 Å². The minimum Gasteiger partial charge on any atom is -0.396 e. The van der Waals surface area contributed by atoms with Gasteiger partial charge < -0.3 is 5.11 Å². The van der Waals surface area contributed by atoms with Gasteiger partial charge in [0.25, 0.3) is 0 Å². The molecule has 2 rings (SSSR count). The van der Waals surface area contributed by atoms with Crippen LogP contribution >= 0.6 is 0 Å². The Morgan fingerprint density at radius 3 is 2.50 bits per heavy atom. The molecule has 0 aromatic heterocycles. The van der Waals surface area contributed by atoms with E-state index in [9.17, 15) is 5.11 Å². The molecule has 3 nitrogen and oxygen atoms in total. The van der Waals surface area contributed by atoms with Gasteiger partial charge in [-0.25, -0.2) is 5.48 Å². The molecular weight excluding hydrogens is 226 g/mol. The van der Waals surface area contributed by atoms with Crippen LogP contribution < -0.4 is 5.48 Å². The van der Waals surface area contributed by atoms with Gasteiger partial charge >= 0.3 is 0 Å². The average molecular weight is 249 g/mol. The van der Waals surface area contributed by atoms with Crippen LogP contribution in [0.2, 0.25) is 0 Å². The normalized spacial score (nSPS) is 18.7. The number of aliphatic hydroxyl groups is 1. The van der Waals surface area contributed by atoms with Gasteiger partial charge in [-0.1, -0.05) is 49.6 Å². The quantitative estimate of drug-likeness (QED) is 0.601. The van der Waals surface area contributed by atoms with Crippen LogP contribution in [0.5, 0.6) is 0 Å². The molecule has 0 spiro atoms.